The highest BCUT2D eigenvalue weighted by Crippen LogP contribution is 2.41. The van der Waals surface area contributed by atoms with Gasteiger partial charge in [-0.05, 0) is 26.0 Å². The zero-order valence-electron chi connectivity index (χ0n) is 11.3. The Morgan fingerprint density at radius 2 is 1.73 bits per heavy atom. The molecule has 0 spiro atoms. The van der Waals surface area contributed by atoms with Gasteiger partial charge < -0.3 is 4.84 Å². The predicted molar refractivity (Wildman–Crippen MR) is 66.7 cm³/mol. The second-order valence-electron chi connectivity index (χ2n) is 5.10. The largest absolute Gasteiger partial charge is 0.385 e. The molecule has 22 heavy (non-hydrogen) atoms. The fourth-order valence-electron chi connectivity index (χ4n) is 1.78. The first-order chi connectivity index (χ1) is 9.93. The lowest BCUT2D eigenvalue weighted by atomic mass is 10.1. The van der Waals surface area contributed by atoms with E-state index in [-0.39, 0.29) is 0 Å². The molecule has 10 heteroatoms. The normalized spacial score (nSPS) is 21.4. The van der Waals surface area contributed by atoms with Gasteiger partial charge in [-0.2, -0.15) is 8.78 Å². The van der Waals surface area contributed by atoms with Crippen molar-refractivity contribution in [2.24, 2.45) is 5.16 Å². The van der Waals surface area contributed by atoms with Crippen LogP contribution in [0, 0.1) is 11.6 Å². The summed E-state index contributed by atoms with van der Waals surface area (Å²) in [5.41, 5.74) is -3.78. The van der Waals surface area contributed by atoms with E-state index in [9.17, 15) is 30.4 Å². The van der Waals surface area contributed by atoms with Gasteiger partial charge in [0.2, 0.25) is 5.04 Å². The molecule has 1 aliphatic rings. The molecule has 0 bridgehead atoms. The fraction of sp³-hybridized carbons (Fsp3) is 0.417. The summed E-state index contributed by atoms with van der Waals surface area (Å²) in [6.07, 6.45) is -2.50. The third kappa shape index (κ3) is 2.25. The number of oxime groups is 1. The first-order valence-electron chi connectivity index (χ1n) is 5.90. The Morgan fingerprint density at radius 3 is 2.14 bits per heavy atom. The minimum absolute atomic E-state index is 0.464. The maximum Gasteiger partial charge on any atom is 0.382 e. The Labute approximate surface area is 122 Å². The number of halogens is 5. The lowest BCUT2D eigenvalue weighted by Crippen LogP contribution is -2.42. The van der Waals surface area contributed by atoms with Gasteiger partial charge in [0.15, 0.2) is 11.8 Å². The third-order valence-corrected chi connectivity index (χ3v) is 4.78. The van der Waals surface area contributed by atoms with Gasteiger partial charge in [-0.25, -0.2) is 21.6 Å². The van der Waals surface area contributed by atoms with Crippen LogP contribution >= 0.6 is 0 Å². The maximum absolute atomic E-state index is 14.2. The topological polar surface area (TPSA) is 55.7 Å². The summed E-state index contributed by atoms with van der Waals surface area (Å²) < 4.78 is 93.0. The Kier molecular flexibility index (Phi) is 3.71. The number of benzene rings is 1. The SMILES string of the molecule is CC1(C)ON=C(S(=O)(=O)C(F)(F)c2c(F)cccc2F)C1F. The molecule has 0 N–H and O–H groups in total. The highest BCUT2D eigenvalue weighted by molar-refractivity contribution is 8.07. The Hall–Kier alpha value is -1.71. The van der Waals surface area contributed by atoms with Crippen LogP contribution in [0.15, 0.2) is 23.4 Å². The van der Waals surface area contributed by atoms with Gasteiger partial charge in [-0.1, -0.05) is 11.2 Å². The van der Waals surface area contributed by atoms with E-state index in [1.807, 2.05) is 0 Å². The highest BCUT2D eigenvalue weighted by atomic mass is 32.2. The number of nitrogens with zero attached hydrogens (tertiary/aromatic N) is 1. The van der Waals surface area contributed by atoms with Crippen LogP contribution in [-0.4, -0.2) is 25.2 Å². The van der Waals surface area contributed by atoms with E-state index in [4.69, 9.17) is 0 Å². The summed E-state index contributed by atoms with van der Waals surface area (Å²) in [5, 5.41) is -3.83. The summed E-state index contributed by atoms with van der Waals surface area (Å²) in [5.74, 6) is -3.55. The van der Waals surface area contributed by atoms with E-state index in [2.05, 4.69) is 9.99 Å². The summed E-state index contributed by atoms with van der Waals surface area (Å²) in [6, 6.07) is 1.71. The summed E-state index contributed by atoms with van der Waals surface area (Å²) in [7, 11) is -5.82. The number of hydrogen-bond donors (Lipinski definition) is 0. The Bertz CT molecular complexity index is 725. The van der Waals surface area contributed by atoms with Crippen LogP contribution in [0.1, 0.15) is 19.4 Å². The molecule has 1 aliphatic heterocycles. The van der Waals surface area contributed by atoms with Crippen molar-refractivity contribution in [3.63, 3.8) is 0 Å². The van der Waals surface area contributed by atoms with Crippen molar-refractivity contribution in [2.75, 3.05) is 0 Å². The maximum atomic E-state index is 14.2. The van der Waals surface area contributed by atoms with Gasteiger partial charge in [0.1, 0.15) is 17.2 Å². The van der Waals surface area contributed by atoms with Crippen molar-refractivity contribution in [1.82, 2.24) is 0 Å². The van der Waals surface area contributed by atoms with Crippen LogP contribution in [0.4, 0.5) is 22.0 Å². The molecule has 0 amide bonds. The standard InChI is InChI=1S/C12H10F5NO3S/c1-11(2)9(15)10(18-21-11)22(19,20)12(16,17)8-6(13)4-3-5-7(8)14/h3-5,9H,1-2H3. The van der Waals surface area contributed by atoms with E-state index in [1.54, 1.807) is 0 Å². The first kappa shape index (κ1) is 16.7. The van der Waals surface area contributed by atoms with E-state index in [0.29, 0.717) is 12.1 Å². The molecule has 0 aromatic heterocycles. The zero-order valence-corrected chi connectivity index (χ0v) is 12.1. The highest BCUT2D eigenvalue weighted by Gasteiger charge is 2.59. The summed E-state index contributed by atoms with van der Waals surface area (Å²) in [6.45, 7) is 2.18. The van der Waals surface area contributed by atoms with Crippen molar-refractivity contribution in [3.05, 3.63) is 35.4 Å². The van der Waals surface area contributed by atoms with Crippen molar-refractivity contribution >= 4 is 14.9 Å². The summed E-state index contributed by atoms with van der Waals surface area (Å²) >= 11 is 0. The minimum Gasteiger partial charge on any atom is -0.385 e. The van der Waals surface area contributed by atoms with Crippen LogP contribution in [0.25, 0.3) is 0 Å². The molecular weight excluding hydrogens is 333 g/mol. The van der Waals surface area contributed by atoms with Gasteiger partial charge >= 0.3 is 5.25 Å². The second-order valence-corrected chi connectivity index (χ2v) is 7.04. The van der Waals surface area contributed by atoms with Gasteiger partial charge in [0, 0.05) is 0 Å². The average molecular weight is 343 g/mol. The lowest BCUT2D eigenvalue weighted by molar-refractivity contribution is -0.0232. The molecule has 122 valence electrons. The second kappa shape index (κ2) is 4.90. The van der Waals surface area contributed by atoms with Crippen LogP contribution in [0.5, 0.6) is 0 Å². The molecule has 2 rings (SSSR count). The molecule has 1 atom stereocenters. The van der Waals surface area contributed by atoms with Crippen LogP contribution in [-0.2, 0) is 19.9 Å². The average Bonchev–Trinajstić information content (AvgIpc) is 2.64. The Balaban J connectivity index is 2.59. The number of alkyl halides is 3. The fourth-order valence-corrected chi connectivity index (χ4v) is 3.20. The lowest BCUT2D eigenvalue weighted by Gasteiger charge is -2.21. The monoisotopic (exact) mass is 343 g/mol. The number of hydrogen-bond acceptors (Lipinski definition) is 4. The van der Waals surface area contributed by atoms with Crippen LogP contribution in [0.3, 0.4) is 0 Å². The molecule has 1 heterocycles. The van der Waals surface area contributed by atoms with Crippen LogP contribution < -0.4 is 0 Å². The van der Waals surface area contributed by atoms with Gasteiger partial charge in [0.05, 0.1) is 0 Å². The smallest absolute Gasteiger partial charge is 0.382 e. The molecule has 0 saturated carbocycles. The van der Waals surface area contributed by atoms with Crippen LogP contribution in [0.2, 0.25) is 0 Å². The summed E-state index contributed by atoms with van der Waals surface area (Å²) in [4.78, 5) is 4.46. The quantitative estimate of drug-likeness (QED) is 0.776. The van der Waals surface area contributed by atoms with Crippen molar-refractivity contribution < 1.29 is 35.2 Å². The predicted octanol–water partition coefficient (Wildman–Crippen LogP) is 2.89. The van der Waals surface area contributed by atoms with Crippen molar-refractivity contribution in [1.29, 1.82) is 0 Å². The molecule has 0 radical (unpaired) electrons. The number of rotatable bonds is 2. The molecule has 0 aliphatic carbocycles. The van der Waals surface area contributed by atoms with Gasteiger partial charge in [0.25, 0.3) is 9.84 Å². The molecule has 1 unspecified atom stereocenters. The molecule has 1 aromatic carbocycles. The third-order valence-electron chi connectivity index (χ3n) is 3.06. The van der Waals surface area contributed by atoms with Crippen molar-refractivity contribution in [3.8, 4) is 0 Å². The molecule has 4 nitrogen and oxygen atoms in total. The first-order valence-corrected chi connectivity index (χ1v) is 7.38. The molecular formula is C12H10F5NO3S. The molecule has 1 aromatic rings. The van der Waals surface area contributed by atoms with E-state index in [1.165, 1.54) is 0 Å². The molecule has 0 fully saturated rings. The van der Waals surface area contributed by atoms with Crippen molar-refractivity contribution in [2.45, 2.75) is 30.9 Å². The molecule has 0 saturated heterocycles. The Morgan fingerprint density at radius 1 is 1.23 bits per heavy atom. The van der Waals surface area contributed by atoms with E-state index < -0.39 is 49.1 Å². The van der Waals surface area contributed by atoms with Gasteiger partial charge in [-0.15, -0.1) is 0 Å². The van der Waals surface area contributed by atoms with E-state index >= 15 is 0 Å². The zero-order chi connectivity index (χ0) is 16.9. The van der Waals surface area contributed by atoms with Gasteiger partial charge in [-0.3, -0.25) is 0 Å². The van der Waals surface area contributed by atoms with E-state index in [0.717, 1.165) is 19.9 Å². The minimum atomic E-state index is -5.82. The number of sulfone groups is 1.